The van der Waals surface area contributed by atoms with Gasteiger partial charge in [0, 0.05) is 11.6 Å². The third kappa shape index (κ3) is 1.64. The van der Waals surface area contributed by atoms with Crippen LogP contribution in [-0.2, 0) is 0 Å². The van der Waals surface area contributed by atoms with E-state index in [4.69, 9.17) is 8.83 Å². The molecular formula is C14H8O4. The Labute approximate surface area is 101 Å². The molecule has 0 atom stereocenters. The highest BCUT2D eigenvalue weighted by Gasteiger charge is 2.07. The number of benzene rings is 1. The Morgan fingerprint density at radius 3 is 2.72 bits per heavy atom. The van der Waals surface area contributed by atoms with Gasteiger partial charge in [0.2, 0.25) is 0 Å². The van der Waals surface area contributed by atoms with Crippen LogP contribution >= 0.6 is 0 Å². The van der Waals surface area contributed by atoms with Gasteiger partial charge < -0.3 is 8.83 Å². The van der Waals surface area contributed by atoms with Gasteiger partial charge in [-0.2, -0.15) is 0 Å². The summed E-state index contributed by atoms with van der Waals surface area (Å²) in [5.74, 6) is 0.799. The second kappa shape index (κ2) is 4.00. The first-order valence-electron chi connectivity index (χ1n) is 5.35. The van der Waals surface area contributed by atoms with Crippen LogP contribution < -0.4 is 5.43 Å². The van der Waals surface area contributed by atoms with E-state index in [9.17, 15) is 9.59 Å². The van der Waals surface area contributed by atoms with E-state index in [0.717, 1.165) is 5.56 Å². The number of rotatable bonds is 2. The zero-order chi connectivity index (χ0) is 12.5. The van der Waals surface area contributed by atoms with Gasteiger partial charge in [-0.05, 0) is 30.3 Å². The molecule has 0 saturated carbocycles. The molecule has 2 aromatic heterocycles. The van der Waals surface area contributed by atoms with E-state index >= 15 is 0 Å². The molecule has 3 aromatic rings. The maximum atomic E-state index is 11.7. The summed E-state index contributed by atoms with van der Waals surface area (Å²) in [7, 11) is 0. The number of carbonyl (C=O) groups excluding carboxylic acids is 1. The molecule has 3 rings (SSSR count). The van der Waals surface area contributed by atoms with Gasteiger partial charge in [0.1, 0.15) is 11.3 Å². The van der Waals surface area contributed by atoms with Gasteiger partial charge in [0.15, 0.2) is 17.5 Å². The van der Waals surface area contributed by atoms with E-state index in [-0.39, 0.29) is 11.2 Å². The molecule has 0 aliphatic rings. The third-order valence-electron chi connectivity index (χ3n) is 2.69. The molecule has 2 heterocycles. The molecule has 0 aliphatic heterocycles. The normalized spacial score (nSPS) is 10.7. The molecule has 0 radical (unpaired) electrons. The van der Waals surface area contributed by atoms with Crippen LogP contribution in [0.1, 0.15) is 10.6 Å². The maximum Gasteiger partial charge on any atom is 0.192 e. The van der Waals surface area contributed by atoms with Gasteiger partial charge in [0.05, 0.1) is 11.6 Å². The highest BCUT2D eigenvalue weighted by Crippen LogP contribution is 2.24. The van der Waals surface area contributed by atoms with Crippen molar-refractivity contribution in [1.29, 1.82) is 0 Å². The van der Waals surface area contributed by atoms with Crippen LogP contribution in [0.2, 0.25) is 0 Å². The quantitative estimate of drug-likeness (QED) is 0.646. The van der Waals surface area contributed by atoms with Crippen molar-refractivity contribution < 1.29 is 13.6 Å². The summed E-state index contributed by atoms with van der Waals surface area (Å²) < 4.78 is 10.5. The van der Waals surface area contributed by atoms with Gasteiger partial charge in [-0.3, -0.25) is 9.59 Å². The molecule has 4 nitrogen and oxygen atoms in total. The van der Waals surface area contributed by atoms with Crippen LogP contribution in [0.5, 0.6) is 0 Å². The predicted molar refractivity (Wildman–Crippen MR) is 65.6 cm³/mol. The summed E-state index contributed by atoms with van der Waals surface area (Å²) in [6.45, 7) is 0. The van der Waals surface area contributed by atoms with E-state index in [1.54, 1.807) is 30.3 Å². The van der Waals surface area contributed by atoms with E-state index < -0.39 is 0 Å². The first-order valence-corrected chi connectivity index (χ1v) is 5.35. The molecule has 0 amide bonds. The highest BCUT2D eigenvalue weighted by atomic mass is 16.3. The van der Waals surface area contributed by atoms with Gasteiger partial charge in [-0.15, -0.1) is 0 Å². The van der Waals surface area contributed by atoms with Crippen molar-refractivity contribution >= 4 is 17.3 Å². The Balaban J connectivity index is 2.21. The average Bonchev–Trinajstić information content (AvgIpc) is 2.88. The average molecular weight is 240 g/mol. The molecule has 0 bridgehead atoms. The summed E-state index contributed by atoms with van der Waals surface area (Å²) in [5, 5.41) is 0.485. The first kappa shape index (κ1) is 10.5. The molecular weight excluding hydrogens is 232 g/mol. The van der Waals surface area contributed by atoms with E-state index in [1.807, 2.05) is 0 Å². The number of hydrogen-bond donors (Lipinski definition) is 0. The van der Waals surface area contributed by atoms with E-state index in [0.29, 0.717) is 23.0 Å². The fourth-order valence-electron chi connectivity index (χ4n) is 1.81. The minimum absolute atomic E-state index is 0.111. The molecule has 0 spiro atoms. The number of carbonyl (C=O) groups is 1. The van der Waals surface area contributed by atoms with E-state index in [2.05, 4.69) is 0 Å². The van der Waals surface area contributed by atoms with Gasteiger partial charge >= 0.3 is 0 Å². The summed E-state index contributed by atoms with van der Waals surface area (Å²) in [6.07, 6.45) is 2.00. The molecule has 0 N–H and O–H groups in total. The maximum absolute atomic E-state index is 11.7. The minimum Gasteiger partial charge on any atom is -0.464 e. The molecule has 0 aliphatic carbocycles. The van der Waals surface area contributed by atoms with Crippen molar-refractivity contribution in [2.24, 2.45) is 0 Å². The van der Waals surface area contributed by atoms with Crippen molar-refractivity contribution in [2.45, 2.75) is 0 Å². The largest absolute Gasteiger partial charge is 0.464 e. The third-order valence-corrected chi connectivity index (χ3v) is 2.69. The van der Waals surface area contributed by atoms with Gasteiger partial charge in [-0.25, -0.2) is 0 Å². The standard InChI is InChI=1S/C14H8O4/c15-8-10-2-4-13(18-10)9-1-3-14-11(7-9)12(16)5-6-17-14/h1-8H. The van der Waals surface area contributed by atoms with Gasteiger partial charge in [0.25, 0.3) is 0 Å². The predicted octanol–water partition coefficient (Wildman–Crippen LogP) is 2.87. The fraction of sp³-hybridized carbons (Fsp3) is 0. The monoisotopic (exact) mass is 240 g/mol. The zero-order valence-corrected chi connectivity index (χ0v) is 9.25. The van der Waals surface area contributed by atoms with Crippen LogP contribution in [0.3, 0.4) is 0 Å². The van der Waals surface area contributed by atoms with Crippen LogP contribution in [0.25, 0.3) is 22.3 Å². The molecule has 0 fully saturated rings. The van der Waals surface area contributed by atoms with E-state index in [1.165, 1.54) is 12.3 Å². The SMILES string of the molecule is O=Cc1ccc(-c2ccc3occc(=O)c3c2)o1. The summed E-state index contributed by atoms with van der Waals surface area (Å²) in [4.78, 5) is 22.2. The zero-order valence-electron chi connectivity index (χ0n) is 9.25. The summed E-state index contributed by atoms with van der Waals surface area (Å²) >= 11 is 0. The van der Waals surface area contributed by atoms with Crippen molar-refractivity contribution in [3.05, 3.63) is 58.6 Å². The lowest BCUT2D eigenvalue weighted by Gasteiger charge is -1.99. The second-order valence-corrected chi connectivity index (χ2v) is 3.82. The van der Waals surface area contributed by atoms with Crippen molar-refractivity contribution in [2.75, 3.05) is 0 Å². The van der Waals surface area contributed by atoms with Crippen LogP contribution in [-0.4, -0.2) is 6.29 Å². The molecule has 88 valence electrons. The van der Waals surface area contributed by atoms with Gasteiger partial charge in [-0.1, -0.05) is 0 Å². The number of furan rings is 1. The second-order valence-electron chi connectivity index (χ2n) is 3.82. The van der Waals surface area contributed by atoms with Crippen molar-refractivity contribution in [1.82, 2.24) is 0 Å². The number of fused-ring (bicyclic) bond motifs is 1. The van der Waals surface area contributed by atoms with Crippen molar-refractivity contribution in [3.63, 3.8) is 0 Å². The lowest BCUT2D eigenvalue weighted by Crippen LogP contribution is -1.97. The Kier molecular flexibility index (Phi) is 2.34. The Morgan fingerprint density at radius 1 is 1.06 bits per heavy atom. The number of hydrogen-bond acceptors (Lipinski definition) is 4. The fourth-order valence-corrected chi connectivity index (χ4v) is 1.81. The Morgan fingerprint density at radius 2 is 1.94 bits per heavy atom. The smallest absolute Gasteiger partial charge is 0.192 e. The Bertz CT molecular complexity index is 780. The first-order chi connectivity index (χ1) is 8.78. The summed E-state index contributed by atoms with van der Waals surface area (Å²) in [6, 6.07) is 9.81. The topological polar surface area (TPSA) is 60.4 Å². The van der Waals surface area contributed by atoms with Crippen LogP contribution in [0, 0.1) is 0 Å². The minimum atomic E-state index is -0.111. The molecule has 0 unspecified atom stereocenters. The number of aldehydes is 1. The molecule has 18 heavy (non-hydrogen) atoms. The van der Waals surface area contributed by atoms with Crippen LogP contribution in [0.4, 0.5) is 0 Å². The Hall–Kier alpha value is -2.62. The molecule has 0 saturated heterocycles. The lowest BCUT2D eigenvalue weighted by atomic mass is 10.1. The molecule has 1 aromatic carbocycles. The lowest BCUT2D eigenvalue weighted by molar-refractivity contribution is 0.110. The molecule has 4 heteroatoms. The van der Waals surface area contributed by atoms with Crippen molar-refractivity contribution in [3.8, 4) is 11.3 Å². The van der Waals surface area contributed by atoms with Crippen LogP contribution in [0.15, 0.2) is 56.3 Å². The summed E-state index contributed by atoms with van der Waals surface area (Å²) in [5.41, 5.74) is 1.14. The highest BCUT2D eigenvalue weighted by molar-refractivity contribution is 5.82.